The molecule has 1 fully saturated rings. The van der Waals surface area contributed by atoms with Gasteiger partial charge in [0.15, 0.2) is 6.61 Å². The van der Waals surface area contributed by atoms with Crippen LogP contribution in [-0.4, -0.2) is 51.3 Å². The molecule has 154 valence electrons. The Balaban J connectivity index is 1.75. The van der Waals surface area contributed by atoms with Gasteiger partial charge in [-0.2, -0.15) is 4.31 Å². The van der Waals surface area contributed by atoms with Crippen LogP contribution < -0.4 is 4.74 Å². The summed E-state index contributed by atoms with van der Waals surface area (Å²) in [6, 6.07) is 10.5. The summed E-state index contributed by atoms with van der Waals surface area (Å²) in [5.41, 5.74) is 0.288. The molecule has 1 aliphatic heterocycles. The van der Waals surface area contributed by atoms with Gasteiger partial charge in [-0.05, 0) is 43.2 Å². The van der Waals surface area contributed by atoms with Crippen LogP contribution in [0.4, 0.5) is 0 Å². The van der Waals surface area contributed by atoms with E-state index in [4.69, 9.17) is 21.1 Å². The zero-order valence-electron chi connectivity index (χ0n) is 15.8. The highest BCUT2D eigenvalue weighted by molar-refractivity contribution is 7.89. The van der Waals surface area contributed by atoms with Crippen molar-refractivity contribution in [3.63, 3.8) is 0 Å². The molecular formula is C20H20ClNO6S. The summed E-state index contributed by atoms with van der Waals surface area (Å²) in [5, 5.41) is 0.0264. The third-order valence-corrected chi connectivity index (χ3v) is 6.97. The molecule has 0 saturated carbocycles. The second-order valence-corrected chi connectivity index (χ2v) is 8.77. The number of carbonyl (C=O) groups is 2. The van der Waals surface area contributed by atoms with Gasteiger partial charge in [0.2, 0.25) is 15.8 Å². The van der Waals surface area contributed by atoms with Crippen LogP contribution in [-0.2, 0) is 14.8 Å². The highest BCUT2D eigenvalue weighted by atomic mass is 35.5. The number of benzene rings is 2. The molecule has 0 spiro atoms. The Morgan fingerprint density at radius 1 is 1.10 bits per heavy atom. The Hall–Kier alpha value is -2.42. The smallest absolute Gasteiger partial charge is 0.338 e. The summed E-state index contributed by atoms with van der Waals surface area (Å²) >= 11 is 6.08. The molecule has 0 bridgehead atoms. The van der Waals surface area contributed by atoms with Crippen LogP contribution in [0, 0.1) is 0 Å². The molecule has 7 nitrogen and oxygen atoms in total. The van der Waals surface area contributed by atoms with Crippen molar-refractivity contribution in [3.8, 4) is 5.75 Å². The minimum Gasteiger partial charge on any atom is -0.496 e. The second-order valence-electron chi connectivity index (χ2n) is 6.46. The quantitative estimate of drug-likeness (QED) is 0.488. The van der Waals surface area contributed by atoms with Gasteiger partial charge in [-0.15, -0.1) is 0 Å². The number of hydrogen-bond acceptors (Lipinski definition) is 6. The lowest BCUT2D eigenvalue weighted by Gasteiger charge is -2.17. The number of ether oxygens (including phenoxy) is 2. The van der Waals surface area contributed by atoms with Crippen LogP contribution in [0.2, 0.25) is 5.02 Å². The number of halogens is 1. The maximum atomic E-state index is 12.8. The van der Waals surface area contributed by atoms with E-state index in [-0.39, 0.29) is 21.0 Å². The van der Waals surface area contributed by atoms with E-state index < -0.39 is 28.4 Å². The third kappa shape index (κ3) is 4.60. The van der Waals surface area contributed by atoms with Crippen LogP contribution in [0.25, 0.3) is 0 Å². The molecule has 2 aromatic rings. The van der Waals surface area contributed by atoms with Gasteiger partial charge in [0.25, 0.3) is 0 Å². The number of rotatable bonds is 7. The molecule has 0 amide bonds. The first-order valence-corrected chi connectivity index (χ1v) is 10.8. The molecular weight excluding hydrogens is 418 g/mol. The minimum absolute atomic E-state index is 0.00000129. The van der Waals surface area contributed by atoms with Gasteiger partial charge >= 0.3 is 5.97 Å². The maximum Gasteiger partial charge on any atom is 0.338 e. The van der Waals surface area contributed by atoms with E-state index in [9.17, 15) is 18.0 Å². The fraction of sp³-hybridized carbons (Fsp3) is 0.300. The highest BCUT2D eigenvalue weighted by Gasteiger charge is 2.30. The molecule has 0 unspecified atom stereocenters. The van der Waals surface area contributed by atoms with Crippen molar-refractivity contribution in [1.82, 2.24) is 4.31 Å². The largest absolute Gasteiger partial charge is 0.496 e. The number of ketones is 1. The highest BCUT2D eigenvalue weighted by Crippen LogP contribution is 2.28. The minimum atomic E-state index is -3.80. The molecule has 0 aliphatic carbocycles. The fourth-order valence-corrected chi connectivity index (χ4v) is 5.08. The van der Waals surface area contributed by atoms with E-state index in [0.29, 0.717) is 18.8 Å². The van der Waals surface area contributed by atoms with Gasteiger partial charge < -0.3 is 9.47 Å². The molecule has 29 heavy (non-hydrogen) atoms. The lowest BCUT2D eigenvalue weighted by molar-refractivity contribution is 0.0473. The van der Waals surface area contributed by atoms with Crippen molar-refractivity contribution >= 4 is 33.4 Å². The zero-order valence-corrected chi connectivity index (χ0v) is 17.3. The van der Waals surface area contributed by atoms with Gasteiger partial charge in [-0.3, -0.25) is 4.79 Å². The van der Waals surface area contributed by atoms with Gasteiger partial charge in [0.1, 0.15) is 10.6 Å². The third-order valence-electron chi connectivity index (χ3n) is 4.59. The number of Topliss-reactive ketones (excluding diaryl/α,β-unsaturated/α-hetero) is 1. The molecule has 1 aliphatic rings. The summed E-state index contributed by atoms with van der Waals surface area (Å²) in [5.74, 6) is -0.878. The number of hydrogen-bond donors (Lipinski definition) is 0. The van der Waals surface area contributed by atoms with E-state index in [0.717, 1.165) is 12.8 Å². The summed E-state index contributed by atoms with van der Waals surface area (Å²) in [6.07, 6.45) is 1.56. The van der Waals surface area contributed by atoms with Crippen molar-refractivity contribution in [2.45, 2.75) is 17.7 Å². The number of para-hydroxylation sites is 1. The average Bonchev–Trinajstić information content (AvgIpc) is 3.27. The van der Waals surface area contributed by atoms with E-state index in [2.05, 4.69) is 0 Å². The number of nitrogens with zero attached hydrogens (tertiary/aromatic N) is 1. The Bertz CT molecular complexity index is 1030. The van der Waals surface area contributed by atoms with E-state index in [1.165, 1.54) is 29.6 Å². The molecule has 2 aromatic carbocycles. The number of carbonyl (C=O) groups excluding carboxylic acids is 2. The van der Waals surface area contributed by atoms with Crippen LogP contribution in [0.15, 0.2) is 47.4 Å². The summed E-state index contributed by atoms with van der Waals surface area (Å²) in [7, 11) is -2.36. The molecule has 1 saturated heterocycles. The molecule has 0 N–H and O–H groups in total. The fourth-order valence-electron chi connectivity index (χ4n) is 3.06. The average molecular weight is 438 g/mol. The van der Waals surface area contributed by atoms with Crippen LogP contribution in [0.3, 0.4) is 0 Å². The Morgan fingerprint density at radius 2 is 1.79 bits per heavy atom. The Kier molecular flexibility index (Phi) is 6.56. The van der Waals surface area contributed by atoms with E-state index >= 15 is 0 Å². The SMILES string of the molecule is COc1ccccc1C(=O)COC(=O)c1ccc(Cl)c(S(=O)(=O)N2CCCC2)c1. The lowest BCUT2D eigenvalue weighted by Crippen LogP contribution is -2.28. The number of esters is 1. The molecule has 0 radical (unpaired) electrons. The molecule has 0 atom stereocenters. The van der Waals surface area contributed by atoms with Crippen LogP contribution >= 0.6 is 11.6 Å². The summed E-state index contributed by atoms with van der Waals surface area (Å²) < 4.78 is 37.1. The van der Waals surface area contributed by atoms with Gasteiger partial charge in [-0.1, -0.05) is 23.7 Å². The predicted octanol–water partition coefficient (Wildman–Crippen LogP) is 3.17. The maximum absolute atomic E-state index is 12.8. The Morgan fingerprint density at radius 3 is 2.48 bits per heavy atom. The monoisotopic (exact) mass is 437 g/mol. The van der Waals surface area contributed by atoms with Gasteiger partial charge in [-0.25, -0.2) is 13.2 Å². The van der Waals surface area contributed by atoms with Crippen LogP contribution in [0.1, 0.15) is 33.6 Å². The first-order chi connectivity index (χ1) is 13.8. The number of methoxy groups -OCH3 is 1. The van der Waals surface area contributed by atoms with Crippen molar-refractivity contribution in [3.05, 3.63) is 58.6 Å². The van der Waals surface area contributed by atoms with Crippen molar-refractivity contribution in [2.24, 2.45) is 0 Å². The van der Waals surface area contributed by atoms with Crippen molar-refractivity contribution in [2.75, 3.05) is 26.8 Å². The van der Waals surface area contributed by atoms with Crippen LogP contribution in [0.5, 0.6) is 5.75 Å². The lowest BCUT2D eigenvalue weighted by atomic mass is 10.1. The Labute approximate surface area is 174 Å². The molecule has 1 heterocycles. The van der Waals surface area contributed by atoms with Gasteiger partial charge in [0.05, 0.1) is 23.3 Å². The molecule has 3 rings (SSSR count). The first-order valence-electron chi connectivity index (χ1n) is 8.97. The van der Waals surface area contributed by atoms with Crippen molar-refractivity contribution in [1.29, 1.82) is 0 Å². The zero-order chi connectivity index (χ0) is 21.0. The standard InChI is InChI=1S/C20H20ClNO6S/c1-27-18-7-3-2-6-15(18)17(23)13-28-20(24)14-8-9-16(21)19(12-14)29(25,26)22-10-4-5-11-22/h2-3,6-9,12H,4-5,10-11,13H2,1H3. The summed E-state index contributed by atoms with van der Waals surface area (Å²) in [4.78, 5) is 24.6. The van der Waals surface area contributed by atoms with E-state index in [1.807, 2.05) is 0 Å². The summed E-state index contributed by atoms with van der Waals surface area (Å²) in [6.45, 7) is 0.331. The first kappa shape index (κ1) is 21.3. The number of sulfonamides is 1. The second kappa shape index (κ2) is 8.94. The van der Waals surface area contributed by atoms with Gasteiger partial charge in [0, 0.05) is 13.1 Å². The van der Waals surface area contributed by atoms with E-state index in [1.54, 1.807) is 24.3 Å². The predicted molar refractivity (Wildman–Crippen MR) is 107 cm³/mol. The topological polar surface area (TPSA) is 90.0 Å². The molecule has 9 heteroatoms. The van der Waals surface area contributed by atoms with Crippen molar-refractivity contribution < 1.29 is 27.5 Å². The normalized spacial score (nSPS) is 14.6. The molecule has 0 aromatic heterocycles.